The fourth-order valence-corrected chi connectivity index (χ4v) is 7.07. The second-order valence-corrected chi connectivity index (χ2v) is 11.8. The second kappa shape index (κ2) is 14.0. The van der Waals surface area contributed by atoms with Crippen LogP contribution in [0.4, 0.5) is 0 Å². The SMILES string of the molecule is CO[C@@H]1[C@@H](OC(=O)C(N)CCCCN)[C@H](O)[C@@H](n2c3ccccc3c3c4c(c5c6ccccc6[nH]c5c32)C(=O)NC4=O)O[C@H]1CO.Cl.Cl. The average molecular weight is 703 g/mol. The number of aromatic nitrogens is 2. The van der Waals surface area contributed by atoms with Crippen molar-refractivity contribution in [2.75, 3.05) is 20.3 Å². The molecule has 3 aromatic carbocycles. The van der Waals surface area contributed by atoms with Crippen LogP contribution in [0.25, 0.3) is 43.6 Å². The molecule has 2 aromatic heterocycles. The summed E-state index contributed by atoms with van der Waals surface area (Å²) in [7, 11) is 1.37. The second-order valence-electron chi connectivity index (χ2n) is 11.8. The Morgan fingerprint density at radius 3 is 2.35 bits per heavy atom. The number of nitrogens with zero attached hydrogens (tertiary/aromatic N) is 1. The van der Waals surface area contributed by atoms with Gasteiger partial charge in [0.25, 0.3) is 11.8 Å². The minimum absolute atomic E-state index is 0. The van der Waals surface area contributed by atoms with Crippen molar-refractivity contribution in [3.8, 4) is 0 Å². The van der Waals surface area contributed by atoms with Crippen LogP contribution >= 0.6 is 24.8 Å². The Kier molecular flexibility index (Phi) is 10.3. The molecule has 2 amide bonds. The van der Waals surface area contributed by atoms with E-state index in [1.807, 2.05) is 42.5 Å². The van der Waals surface area contributed by atoms with E-state index < -0.39 is 61.1 Å². The maximum atomic E-state index is 13.4. The van der Waals surface area contributed by atoms with Crippen LogP contribution in [0.1, 0.15) is 46.2 Å². The third kappa shape index (κ3) is 5.40. The minimum Gasteiger partial charge on any atom is -0.455 e. The van der Waals surface area contributed by atoms with Crippen LogP contribution in [-0.2, 0) is 19.0 Å². The monoisotopic (exact) mass is 701 g/mol. The molecule has 48 heavy (non-hydrogen) atoms. The summed E-state index contributed by atoms with van der Waals surface area (Å²) in [5, 5.41) is 27.3. The molecule has 1 unspecified atom stereocenters. The topological polar surface area (TPSA) is 204 Å². The molecule has 7 rings (SSSR count). The van der Waals surface area contributed by atoms with Crippen molar-refractivity contribution in [1.29, 1.82) is 0 Å². The molecule has 0 spiro atoms. The van der Waals surface area contributed by atoms with Crippen LogP contribution < -0.4 is 16.8 Å². The van der Waals surface area contributed by atoms with Gasteiger partial charge in [-0.1, -0.05) is 42.8 Å². The zero-order valence-corrected chi connectivity index (χ0v) is 27.5. The quantitative estimate of drug-likeness (QED) is 0.0753. The number of benzene rings is 3. The first-order valence-corrected chi connectivity index (χ1v) is 15.3. The lowest BCUT2D eigenvalue weighted by Crippen LogP contribution is -2.59. The minimum atomic E-state index is -1.50. The van der Waals surface area contributed by atoms with Crippen molar-refractivity contribution in [2.45, 2.75) is 55.9 Å². The third-order valence-corrected chi connectivity index (χ3v) is 9.15. The zero-order chi connectivity index (χ0) is 32.3. The molecule has 2 aliphatic rings. The molecule has 13 nitrogen and oxygen atoms in total. The molecule has 0 radical (unpaired) electrons. The summed E-state index contributed by atoms with van der Waals surface area (Å²) < 4.78 is 19.6. The van der Waals surface area contributed by atoms with Crippen molar-refractivity contribution < 1.29 is 38.8 Å². The number of unbranched alkanes of at least 4 members (excludes halogenated alkanes) is 1. The summed E-state index contributed by atoms with van der Waals surface area (Å²) in [5.41, 5.74) is 14.6. The van der Waals surface area contributed by atoms with E-state index in [9.17, 15) is 24.6 Å². The fourth-order valence-electron chi connectivity index (χ4n) is 7.07. The van der Waals surface area contributed by atoms with Crippen LogP contribution in [0.2, 0.25) is 0 Å². The Morgan fingerprint density at radius 1 is 1.00 bits per heavy atom. The Morgan fingerprint density at radius 2 is 1.67 bits per heavy atom. The van der Waals surface area contributed by atoms with Gasteiger partial charge in [0.15, 0.2) is 12.3 Å². The van der Waals surface area contributed by atoms with E-state index in [0.717, 1.165) is 10.9 Å². The third-order valence-electron chi connectivity index (χ3n) is 9.15. The lowest BCUT2D eigenvalue weighted by atomic mass is 9.96. The van der Waals surface area contributed by atoms with Gasteiger partial charge in [0, 0.05) is 34.2 Å². The number of aliphatic hydroxyl groups excluding tert-OH is 2. The van der Waals surface area contributed by atoms with Gasteiger partial charge in [-0.25, -0.2) is 0 Å². The highest BCUT2D eigenvalue weighted by atomic mass is 35.5. The summed E-state index contributed by atoms with van der Waals surface area (Å²) in [6, 6.07) is 13.8. The first-order valence-electron chi connectivity index (χ1n) is 15.3. The lowest BCUT2D eigenvalue weighted by Gasteiger charge is -2.44. The van der Waals surface area contributed by atoms with Gasteiger partial charge >= 0.3 is 5.97 Å². The number of carbonyl (C=O) groups excluding carboxylic acids is 3. The van der Waals surface area contributed by atoms with Crippen molar-refractivity contribution in [1.82, 2.24) is 14.9 Å². The Balaban J connectivity index is 0.00000225. The predicted molar refractivity (Wildman–Crippen MR) is 184 cm³/mol. The number of nitrogens with two attached hydrogens (primary N) is 2. The average Bonchev–Trinajstić information content (AvgIpc) is 3.70. The van der Waals surface area contributed by atoms with Crippen LogP contribution in [0, 0.1) is 0 Å². The molecule has 0 bridgehead atoms. The number of para-hydroxylation sites is 2. The summed E-state index contributed by atoms with van der Waals surface area (Å²) >= 11 is 0. The van der Waals surface area contributed by atoms with Crippen molar-refractivity contribution in [3.05, 3.63) is 59.7 Å². The molecule has 15 heteroatoms. The number of aliphatic hydroxyl groups is 2. The normalized spacial score (nSPS) is 22.8. The van der Waals surface area contributed by atoms with Crippen LogP contribution in [0.3, 0.4) is 0 Å². The summed E-state index contributed by atoms with van der Waals surface area (Å²) in [6.07, 6.45) is -4.39. The molecular formula is C33H37Cl2N5O8. The van der Waals surface area contributed by atoms with E-state index in [2.05, 4.69) is 10.3 Å². The van der Waals surface area contributed by atoms with E-state index in [1.54, 1.807) is 10.6 Å². The Labute approximate surface area is 286 Å². The number of carbonyl (C=O) groups is 3. The lowest BCUT2D eigenvalue weighted by molar-refractivity contribution is -0.261. The number of hydrogen-bond acceptors (Lipinski definition) is 10. The van der Waals surface area contributed by atoms with Crippen LogP contribution in [-0.4, -0.2) is 88.3 Å². The molecule has 256 valence electrons. The molecule has 2 aliphatic heterocycles. The van der Waals surface area contributed by atoms with E-state index >= 15 is 0 Å². The van der Waals surface area contributed by atoms with Gasteiger partial charge in [0.2, 0.25) is 0 Å². The summed E-state index contributed by atoms with van der Waals surface area (Å²) in [6.45, 7) is -0.0446. The van der Waals surface area contributed by atoms with Crippen LogP contribution in [0.5, 0.6) is 0 Å². The van der Waals surface area contributed by atoms with Gasteiger partial charge in [0.05, 0.1) is 34.3 Å². The molecule has 6 atom stereocenters. The van der Waals surface area contributed by atoms with Gasteiger partial charge in [0.1, 0.15) is 24.4 Å². The van der Waals surface area contributed by atoms with E-state index in [0.29, 0.717) is 58.5 Å². The number of H-pyrrole nitrogens is 1. The fraction of sp³-hybridized carbons (Fsp3) is 0.364. The van der Waals surface area contributed by atoms with E-state index in [1.165, 1.54) is 7.11 Å². The number of halogens is 2. The molecule has 5 aromatic rings. The highest BCUT2D eigenvalue weighted by Gasteiger charge is 2.50. The van der Waals surface area contributed by atoms with Crippen molar-refractivity contribution in [2.24, 2.45) is 11.5 Å². The predicted octanol–water partition coefficient (Wildman–Crippen LogP) is 2.79. The molecule has 0 saturated carbocycles. The number of imide groups is 1. The number of nitrogens with one attached hydrogen (secondary N) is 2. The Hall–Kier alpha value is -3.79. The van der Waals surface area contributed by atoms with E-state index in [4.69, 9.17) is 25.7 Å². The largest absolute Gasteiger partial charge is 0.455 e. The summed E-state index contributed by atoms with van der Waals surface area (Å²) in [5.74, 6) is -1.76. The summed E-state index contributed by atoms with van der Waals surface area (Å²) in [4.78, 5) is 43.3. The number of rotatable bonds is 9. The number of amides is 2. The van der Waals surface area contributed by atoms with Gasteiger partial charge < -0.3 is 45.4 Å². The molecule has 4 heterocycles. The molecular weight excluding hydrogens is 665 g/mol. The van der Waals surface area contributed by atoms with Crippen molar-refractivity contribution >= 4 is 86.2 Å². The number of aromatic amines is 1. The highest BCUT2D eigenvalue weighted by Crippen LogP contribution is 2.46. The smallest absolute Gasteiger partial charge is 0.323 e. The number of fused-ring (bicyclic) bond motifs is 10. The first-order chi connectivity index (χ1) is 22.3. The zero-order valence-electron chi connectivity index (χ0n) is 25.9. The number of esters is 1. The standard InChI is InChI=1S/C33H35N5O8.2ClH/c1-44-28-20(14-39)45-32(27(40)29(28)46-33(43)17(35)10-6-7-13-34)38-19-12-5-3-9-16(19)22-24-23(30(41)37-31(24)42)21-15-8-2-4-11-18(15)36-25(21)26(22)38;;/h2-5,8-9,11-12,17,20,27-29,32,36,39-40H,6-7,10,13-14,34-35H2,1H3,(H,37,41,42);2*1H/t17?,20-,27-,28-,29-,32-;;/m0../s1. The van der Waals surface area contributed by atoms with Crippen molar-refractivity contribution in [3.63, 3.8) is 0 Å². The molecule has 1 saturated heterocycles. The van der Waals surface area contributed by atoms with Crippen LogP contribution in [0.15, 0.2) is 48.5 Å². The Bertz CT molecular complexity index is 2030. The van der Waals surface area contributed by atoms with Gasteiger partial charge in [-0.05, 0) is 31.5 Å². The number of hydrogen-bond donors (Lipinski definition) is 6. The number of methoxy groups -OCH3 is 1. The maximum Gasteiger partial charge on any atom is 0.323 e. The van der Waals surface area contributed by atoms with Gasteiger partial charge in [-0.2, -0.15) is 0 Å². The van der Waals surface area contributed by atoms with Gasteiger partial charge in [-0.15, -0.1) is 24.8 Å². The highest BCUT2D eigenvalue weighted by molar-refractivity contribution is 6.39. The number of ether oxygens (including phenoxy) is 3. The van der Waals surface area contributed by atoms with E-state index in [-0.39, 0.29) is 35.9 Å². The molecule has 0 aliphatic carbocycles. The first kappa shape index (κ1) is 35.5. The molecule has 8 N–H and O–H groups in total. The maximum absolute atomic E-state index is 13.4. The van der Waals surface area contributed by atoms with Gasteiger partial charge in [-0.3, -0.25) is 19.7 Å². The molecule has 1 fully saturated rings.